The minimum absolute atomic E-state index is 0.101. The van der Waals surface area contributed by atoms with Gasteiger partial charge in [-0.15, -0.1) is 0 Å². The normalized spacial score (nSPS) is 14.2. The van der Waals surface area contributed by atoms with E-state index in [1.807, 2.05) is 0 Å². The molecule has 17 nitrogen and oxygen atoms in total. The predicted molar refractivity (Wildman–Crippen MR) is 354 cm³/mol. The zero-order chi connectivity index (χ0) is 65.0. The van der Waals surface area contributed by atoms with Crippen molar-refractivity contribution in [2.75, 3.05) is 39.6 Å². The molecule has 3 N–H and O–H groups in total. The van der Waals surface area contributed by atoms with Gasteiger partial charge in [-0.25, -0.2) is 9.13 Å². The van der Waals surface area contributed by atoms with E-state index < -0.39 is 97.5 Å². The van der Waals surface area contributed by atoms with Crippen LogP contribution in [0.5, 0.6) is 0 Å². The van der Waals surface area contributed by atoms with Gasteiger partial charge < -0.3 is 33.8 Å². The number of aliphatic hydroxyl groups is 1. The van der Waals surface area contributed by atoms with Crippen LogP contribution in [-0.4, -0.2) is 96.7 Å². The number of hydrogen-bond donors (Lipinski definition) is 3. The van der Waals surface area contributed by atoms with E-state index in [1.54, 1.807) is 0 Å². The molecule has 0 saturated carbocycles. The molecule has 0 bridgehead atoms. The van der Waals surface area contributed by atoms with Gasteiger partial charge in [0.1, 0.15) is 19.3 Å². The Hall–Kier alpha value is -1.94. The number of carbonyl (C=O) groups is 4. The van der Waals surface area contributed by atoms with Crippen LogP contribution in [0.3, 0.4) is 0 Å². The number of carbonyl (C=O) groups excluding carboxylic acids is 4. The molecule has 0 aromatic rings. The van der Waals surface area contributed by atoms with E-state index in [9.17, 15) is 43.2 Å². The molecule has 2 unspecified atom stereocenters. The first kappa shape index (κ1) is 86.1. The molecule has 0 fully saturated rings. The summed E-state index contributed by atoms with van der Waals surface area (Å²) in [5, 5.41) is 10.5. The molecule has 88 heavy (non-hydrogen) atoms. The Morgan fingerprint density at radius 1 is 0.307 bits per heavy atom. The zero-order valence-electron chi connectivity index (χ0n) is 57.0. The Labute approximate surface area is 537 Å². The summed E-state index contributed by atoms with van der Waals surface area (Å²) >= 11 is 0. The highest BCUT2D eigenvalue weighted by Gasteiger charge is 2.30. The molecular formula is C69H134O17P2. The number of esters is 4. The molecule has 0 aliphatic heterocycles. The lowest BCUT2D eigenvalue weighted by atomic mass is 10.0. The van der Waals surface area contributed by atoms with Crippen LogP contribution in [0.1, 0.15) is 350 Å². The van der Waals surface area contributed by atoms with Crippen LogP contribution in [0, 0.1) is 11.8 Å². The minimum atomic E-state index is -4.95. The molecular weight excluding hydrogens is 1160 g/mol. The van der Waals surface area contributed by atoms with E-state index in [4.69, 9.17) is 37.0 Å². The number of ether oxygens (including phenoxy) is 4. The topological polar surface area (TPSA) is 237 Å². The second-order valence-electron chi connectivity index (χ2n) is 25.9. The number of hydrogen-bond acceptors (Lipinski definition) is 15. The van der Waals surface area contributed by atoms with E-state index in [2.05, 4.69) is 41.5 Å². The molecule has 0 amide bonds. The SMILES string of the molecule is CCCCCCCCCCCCCCCCCCCCCCCC(=O)O[C@H](COC(=O)CCCCCCCCCCCCC(C)C)COP(=O)(O)OC[C@@H](O)COP(=O)(O)OC[C@@H](COC(=O)CCCCCCC)OC(=O)CCCCCCCCC(C)C. The van der Waals surface area contributed by atoms with Crippen LogP contribution in [0.15, 0.2) is 0 Å². The Morgan fingerprint density at radius 3 is 0.773 bits per heavy atom. The van der Waals surface area contributed by atoms with Crippen molar-refractivity contribution in [2.45, 2.75) is 368 Å². The van der Waals surface area contributed by atoms with Gasteiger partial charge in [0, 0.05) is 25.7 Å². The molecule has 0 saturated heterocycles. The van der Waals surface area contributed by atoms with Gasteiger partial charge in [-0.05, 0) is 37.5 Å². The summed E-state index contributed by atoms with van der Waals surface area (Å²) in [6.45, 7) is 9.34. The fraction of sp³-hybridized carbons (Fsp3) is 0.942. The minimum Gasteiger partial charge on any atom is -0.462 e. The molecule has 0 aliphatic rings. The number of aliphatic hydroxyl groups excluding tert-OH is 1. The zero-order valence-corrected chi connectivity index (χ0v) is 58.8. The van der Waals surface area contributed by atoms with Crippen molar-refractivity contribution in [2.24, 2.45) is 11.8 Å². The van der Waals surface area contributed by atoms with Crippen LogP contribution in [0.4, 0.5) is 0 Å². The lowest BCUT2D eigenvalue weighted by Gasteiger charge is -2.21. The molecule has 0 rings (SSSR count). The highest BCUT2D eigenvalue weighted by Crippen LogP contribution is 2.45. The van der Waals surface area contributed by atoms with Gasteiger partial charge in [0.05, 0.1) is 26.4 Å². The fourth-order valence-electron chi connectivity index (χ4n) is 10.4. The van der Waals surface area contributed by atoms with E-state index in [-0.39, 0.29) is 25.7 Å². The largest absolute Gasteiger partial charge is 0.472 e. The van der Waals surface area contributed by atoms with Crippen LogP contribution < -0.4 is 0 Å². The average Bonchev–Trinajstić information content (AvgIpc) is 3.58. The highest BCUT2D eigenvalue weighted by atomic mass is 31.2. The van der Waals surface area contributed by atoms with Crippen molar-refractivity contribution in [1.29, 1.82) is 0 Å². The van der Waals surface area contributed by atoms with Gasteiger partial charge in [0.2, 0.25) is 0 Å². The summed E-state index contributed by atoms with van der Waals surface area (Å²) in [5.41, 5.74) is 0. The Kier molecular flexibility index (Phi) is 59.9. The molecule has 522 valence electrons. The van der Waals surface area contributed by atoms with Gasteiger partial charge in [-0.3, -0.25) is 37.3 Å². The first-order chi connectivity index (χ1) is 42.4. The van der Waals surface area contributed by atoms with Crippen LogP contribution in [0.25, 0.3) is 0 Å². The summed E-state index contributed by atoms with van der Waals surface area (Å²) in [6.07, 6.45) is 46.6. The smallest absolute Gasteiger partial charge is 0.462 e. The van der Waals surface area contributed by atoms with Gasteiger partial charge >= 0.3 is 39.5 Å². The van der Waals surface area contributed by atoms with Gasteiger partial charge in [-0.1, -0.05) is 298 Å². The molecule has 0 aliphatic carbocycles. The highest BCUT2D eigenvalue weighted by molar-refractivity contribution is 7.47. The van der Waals surface area contributed by atoms with E-state index in [0.717, 1.165) is 102 Å². The molecule has 5 atom stereocenters. The van der Waals surface area contributed by atoms with Crippen LogP contribution in [0.2, 0.25) is 0 Å². The first-order valence-corrected chi connectivity index (χ1v) is 39.0. The first-order valence-electron chi connectivity index (χ1n) is 36.0. The maximum absolute atomic E-state index is 13.0. The lowest BCUT2D eigenvalue weighted by Crippen LogP contribution is -2.30. The number of rotatable bonds is 68. The quantitative estimate of drug-likeness (QED) is 0.0222. The van der Waals surface area contributed by atoms with Crippen LogP contribution >= 0.6 is 15.6 Å². The molecule has 19 heteroatoms. The van der Waals surface area contributed by atoms with Gasteiger partial charge in [-0.2, -0.15) is 0 Å². The third-order valence-corrected chi connectivity index (χ3v) is 17.9. The third-order valence-electron chi connectivity index (χ3n) is 16.0. The van der Waals surface area contributed by atoms with Crippen molar-refractivity contribution in [3.05, 3.63) is 0 Å². The Morgan fingerprint density at radius 2 is 0.523 bits per heavy atom. The fourth-order valence-corrected chi connectivity index (χ4v) is 12.0. The Bertz CT molecular complexity index is 1720. The molecule has 0 spiro atoms. The average molecular weight is 1300 g/mol. The third kappa shape index (κ3) is 62.8. The van der Waals surface area contributed by atoms with Crippen molar-refractivity contribution < 1.29 is 80.2 Å². The maximum Gasteiger partial charge on any atom is 0.472 e. The maximum atomic E-state index is 13.0. The lowest BCUT2D eigenvalue weighted by molar-refractivity contribution is -0.161. The molecule has 0 heterocycles. The van der Waals surface area contributed by atoms with Crippen molar-refractivity contribution >= 4 is 39.5 Å². The molecule has 0 aromatic carbocycles. The summed E-state index contributed by atoms with van der Waals surface area (Å²) in [5.74, 6) is -0.715. The van der Waals surface area contributed by atoms with Gasteiger partial charge in [0.25, 0.3) is 0 Å². The number of phosphoric ester groups is 2. The Balaban J connectivity index is 5.10. The molecule has 0 radical (unpaired) electrons. The van der Waals surface area contributed by atoms with E-state index in [1.165, 1.54) is 161 Å². The predicted octanol–water partition coefficient (Wildman–Crippen LogP) is 19.6. The summed E-state index contributed by atoms with van der Waals surface area (Å²) in [4.78, 5) is 72.1. The summed E-state index contributed by atoms with van der Waals surface area (Å²) in [6, 6.07) is 0. The van der Waals surface area contributed by atoms with Crippen molar-refractivity contribution in [3.8, 4) is 0 Å². The summed E-state index contributed by atoms with van der Waals surface area (Å²) in [7, 11) is -9.89. The second kappa shape index (κ2) is 61.3. The standard InChI is InChI=1S/C69H134O17P2/c1-7-9-11-13-14-15-16-17-18-19-20-21-22-23-24-25-26-31-34-41-47-53-68(73)85-65(58-80-67(72)52-46-40-33-30-28-27-29-32-38-43-49-61(3)4)60-84-88(77,78)82-56-63(70)55-81-87(75,76)83-59-64(57-79-66(71)51-45-37-12-10-8-2)86-69(74)54-48-42-36-35-39-44-50-62(5)6/h61-65,70H,7-60H2,1-6H3,(H,75,76)(H,77,78)/t63-,64+,65+/m0/s1. The second-order valence-corrected chi connectivity index (χ2v) is 28.8. The summed E-state index contributed by atoms with van der Waals surface area (Å²) < 4.78 is 67.9. The number of phosphoric acid groups is 2. The molecule has 0 aromatic heterocycles. The van der Waals surface area contributed by atoms with Crippen molar-refractivity contribution in [3.63, 3.8) is 0 Å². The van der Waals surface area contributed by atoms with Crippen LogP contribution in [-0.2, 0) is 65.4 Å². The monoisotopic (exact) mass is 1300 g/mol. The van der Waals surface area contributed by atoms with Crippen molar-refractivity contribution in [1.82, 2.24) is 0 Å². The number of unbranched alkanes of at least 4 members (excludes halogenated alkanes) is 38. The van der Waals surface area contributed by atoms with Gasteiger partial charge in [0.15, 0.2) is 12.2 Å². The van der Waals surface area contributed by atoms with E-state index in [0.29, 0.717) is 31.6 Å². The van der Waals surface area contributed by atoms with E-state index >= 15 is 0 Å².